The molecule has 0 saturated heterocycles. The minimum absolute atomic E-state index is 0.345. The third-order valence-corrected chi connectivity index (χ3v) is 3.54. The minimum Gasteiger partial charge on any atom is -0.493 e. The van der Waals surface area contributed by atoms with E-state index in [1.807, 2.05) is 39.8 Å². The highest BCUT2D eigenvalue weighted by Gasteiger charge is 2.11. The Morgan fingerprint density at radius 3 is 2.05 bits per heavy atom. The van der Waals surface area contributed by atoms with Crippen LogP contribution in [0.4, 0.5) is 0 Å². The lowest BCUT2D eigenvalue weighted by molar-refractivity contribution is 0.0696. The molecule has 21 heavy (non-hydrogen) atoms. The fourth-order valence-electron chi connectivity index (χ4n) is 2.57. The van der Waals surface area contributed by atoms with Gasteiger partial charge in [0, 0.05) is 0 Å². The number of aryl methyl sites for hydroxylation is 3. The van der Waals surface area contributed by atoms with Crippen LogP contribution in [-0.2, 0) is 0 Å². The number of carbonyl (C=O) groups is 1. The predicted molar refractivity (Wildman–Crippen MR) is 84.2 cm³/mol. The summed E-state index contributed by atoms with van der Waals surface area (Å²) >= 11 is 0. The summed E-state index contributed by atoms with van der Waals surface area (Å²) in [7, 11) is 0. The molecule has 0 saturated carbocycles. The molecule has 0 aliphatic carbocycles. The number of hydrogen-bond donors (Lipinski definition) is 1. The Labute approximate surface area is 125 Å². The number of rotatable bonds is 4. The molecule has 3 nitrogen and oxygen atoms in total. The molecule has 0 bridgehead atoms. The van der Waals surface area contributed by atoms with Crippen molar-refractivity contribution in [2.24, 2.45) is 0 Å². The molecule has 0 spiro atoms. The molecule has 3 heteroatoms. The molecule has 0 heterocycles. The molecule has 0 fully saturated rings. The molecule has 2 rings (SSSR count). The second-order valence-electron chi connectivity index (χ2n) is 5.21. The van der Waals surface area contributed by atoms with Crippen molar-refractivity contribution in [3.8, 4) is 16.9 Å². The number of carboxylic acids is 1. The molecule has 1 N–H and O–H groups in total. The molecule has 0 amide bonds. The SMILES string of the molecule is CCOc1c(C)cc(-c2ccc(C(=O)O)c(C)c2)cc1C. The van der Waals surface area contributed by atoms with Gasteiger partial charge >= 0.3 is 5.97 Å². The van der Waals surface area contributed by atoms with Crippen molar-refractivity contribution in [2.75, 3.05) is 6.61 Å². The van der Waals surface area contributed by atoms with Crippen LogP contribution in [0.2, 0.25) is 0 Å². The van der Waals surface area contributed by atoms with Crippen molar-refractivity contribution in [3.05, 3.63) is 52.6 Å². The maximum Gasteiger partial charge on any atom is 0.335 e. The van der Waals surface area contributed by atoms with Crippen LogP contribution in [0.15, 0.2) is 30.3 Å². The monoisotopic (exact) mass is 284 g/mol. The second kappa shape index (κ2) is 6.00. The summed E-state index contributed by atoms with van der Waals surface area (Å²) in [4.78, 5) is 11.1. The average Bonchev–Trinajstić information content (AvgIpc) is 2.42. The quantitative estimate of drug-likeness (QED) is 0.906. The topological polar surface area (TPSA) is 46.5 Å². The van der Waals surface area contributed by atoms with Crippen LogP contribution >= 0.6 is 0 Å². The lowest BCUT2D eigenvalue weighted by Crippen LogP contribution is -2.00. The average molecular weight is 284 g/mol. The van der Waals surface area contributed by atoms with E-state index in [4.69, 9.17) is 9.84 Å². The fourth-order valence-corrected chi connectivity index (χ4v) is 2.57. The van der Waals surface area contributed by atoms with E-state index in [9.17, 15) is 4.79 Å². The van der Waals surface area contributed by atoms with Gasteiger partial charge in [-0.25, -0.2) is 4.79 Å². The number of carboxylic acid groups (broad SMARTS) is 1. The van der Waals surface area contributed by atoms with E-state index in [1.165, 1.54) is 0 Å². The maximum atomic E-state index is 11.1. The number of ether oxygens (including phenoxy) is 1. The van der Waals surface area contributed by atoms with Crippen LogP contribution in [0.1, 0.15) is 34.0 Å². The zero-order chi connectivity index (χ0) is 15.6. The molecule has 2 aromatic rings. The molecule has 2 aromatic carbocycles. The Morgan fingerprint density at radius 1 is 1.00 bits per heavy atom. The van der Waals surface area contributed by atoms with E-state index >= 15 is 0 Å². The molecule has 110 valence electrons. The fraction of sp³-hybridized carbons (Fsp3) is 0.278. The first-order valence-corrected chi connectivity index (χ1v) is 7.02. The Bertz CT molecular complexity index is 664. The first kappa shape index (κ1) is 15.1. The molecule has 0 aromatic heterocycles. The van der Waals surface area contributed by atoms with Gasteiger partial charge in [0.15, 0.2) is 0 Å². The van der Waals surface area contributed by atoms with Gasteiger partial charge in [-0.05, 0) is 73.7 Å². The highest BCUT2D eigenvalue weighted by molar-refractivity contribution is 5.90. The summed E-state index contributed by atoms with van der Waals surface area (Å²) < 4.78 is 5.65. The van der Waals surface area contributed by atoms with Gasteiger partial charge in [0.1, 0.15) is 5.75 Å². The summed E-state index contributed by atoms with van der Waals surface area (Å²) in [5.41, 5.74) is 5.39. The van der Waals surface area contributed by atoms with Gasteiger partial charge in [0.25, 0.3) is 0 Å². The largest absolute Gasteiger partial charge is 0.493 e. The Balaban J connectivity index is 2.48. The lowest BCUT2D eigenvalue weighted by atomic mass is 9.96. The molecule has 0 radical (unpaired) electrons. The number of aromatic carboxylic acids is 1. The van der Waals surface area contributed by atoms with Crippen molar-refractivity contribution < 1.29 is 14.6 Å². The molecule has 0 aliphatic heterocycles. The summed E-state index contributed by atoms with van der Waals surface area (Å²) in [5, 5.41) is 9.09. The Morgan fingerprint density at radius 2 is 1.57 bits per heavy atom. The Hall–Kier alpha value is -2.29. The van der Waals surface area contributed by atoms with Gasteiger partial charge in [-0.2, -0.15) is 0 Å². The van der Waals surface area contributed by atoms with Crippen molar-refractivity contribution in [1.82, 2.24) is 0 Å². The molecular weight excluding hydrogens is 264 g/mol. The van der Waals surface area contributed by atoms with E-state index in [1.54, 1.807) is 6.07 Å². The minimum atomic E-state index is -0.891. The van der Waals surface area contributed by atoms with Crippen LogP contribution in [0, 0.1) is 20.8 Å². The van der Waals surface area contributed by atoms with E-state index in [0.29, 0.717) is 12.2 Å². The van der Waals surface area contributed by atoms with Crippen molar-refractivity contribution in [2.45, 2.75) is 27.7 Å². The Kier molecular flexibility index (Phi) is 4.32. The molecular formula is C18H20O3. The van der Waals surface area contributed by atoms with E-state index in [2.05, 4.69) is 12.1 Å². The third kappa shape index (κ3) is 3.07. The van der Waals surface area contributed by atoms with Crippen LogP contribution in [-0.4, -0.2) is 17.7 Å². The van der Waals surface area contributed by atoms with Gasteiger partial charge in [-0.15, -0.1) is 0 Å². The highest BCUT2D eigenvalue weighted by atomic mass is 16.5. The summed E-state index contributed by atoms with van der Waals surface area (Å²) in [6, 6.07) is 9.58. The van der Waals surface area contributed by atoms with Crippen molar-refractivity contribution in [3.63, 3.8) is 0 Å². The van der Waals surface area contributed by atoms with Crippen LogP contribution in [0.25, 0.3) is 11.1 Å². The van der Waals surface area contributed by atoms with Crippen LogP contribution < -0.4 is 4.74 Å². The maximum absolute atomic E-state index is 11.1. The van der Waals surface area contributed by atoms with E-state index in [-0.39, 0.29) is 0 Å². The predicted octanol–water partition coefficient (Wildman–Crippen LogP) is 4.38. The van der Waals surface area contributed by atoms with Gasteiger partial charge in [-0.3, -0.25) is 0 Å². The van der Waals surface area contributed by atoms with E-state index in [0.717, 1.165) is 33.6 Å². The van der Waals surface area contributed by atoms with Crippen LogP contribution in [0.3, 0.4) is 0 Å². The van der Waals surface area contributed by atoms with Gasteiger partial charge in [-0.1, -0.05) is 12.1 Å². The molecule has 0 aliphatic rings. The number of hydrogen-bond acceptors (Lipinski definition) is 2. The third-order valence-electron chi connectivity index (χ3n) is 3.54. The highest BCUT2D eigenvalue weighted by Crippen LogP contribution is 2.31. The van der Waals surface area contributed by atoms with Gasteiger partial charge < -0.3 is 9.84 Å². The first-order chi connectivity index (χ1) is 9.93. The van der Waals surface area contributed by atoms with Crippen LogP contribution in [0.5, 0.6) is 5.75 Å². The molecule has 0 unspecified atom stereocenters. The summed E-state index contributed by atoms with van der Waals surface area (Å²) in [6.07, 6.45) is 0. The van der Waals surface area contributed by atoms with Crippen molar-refractivity contribution in [1.29, 1.82) is 0 Å². The lowest BCUT2D eigenvalue weighted by Gasteiger charge is -2.13. The molecule has 0 atom stereocenters. The van der Waals surface area contributed by atoms with Gasteiger partial charge in [0.2, 0.25) is 0 Å². The van der Waals surface area contributed by atoms with Crippen molar-refractivity contribution >= 4 is 5.97 Å². The smallest absolute Gasteiger partial charge is 0.335 e. The second-order valence-corrected chi connectivity index (χ2v) is 5.21. The standard InChI is InChI=1S/C18H20O3/c1-5-21-17-12(3)9-15(10-13(17)4)14-6-7-16(18(19)20)11(2)8-14/h6-10H,5H2,1-4H3,(H,19,20). The zero-order valence-corrected chi connectivity index (χ0v) is 12.9. The number of benzene rings is 2. The summed E-state index contributed by atoms with van der Waals surface area (Å²) in [6.45, 7) is 8.50. The first-order valence-electron chi connectivity index (χ1n) is 7.02. The van der Waals surface area contributed by atoms with E-state index < -0.39 is 5.97 Å². The zero-order valence-electron chi connectivity index (χ0n) is 12.9. The van der Waals surface area contributed by atoms with Gasteiger partial charge in [0.05, 0.1) is 12.2 Å². The summed E-state index contributed by atoms with van der Waals surface area (Å²) in [5.74, 6) is 0.0400. The normalized spacial score (nSPS) is 10.5.